The highest BCUT2D eigenvalue weighted by atomic mass is 32.1. The predicted molar refractivity (Wildman–Crippen MR) is 83.0 cm³/mol. The molecule has 7 nitrogen and oxygen atoms in total. The average molecular weight is 354 g/mol. The Morgan fingerprint density at radius 1 is 1.58 bits per heavy atom. The van der Waals surface area contributed by atoms with E-state index >= 15 is 0 Å². The molecule has 1 fully saturated rings. The number of benzene rings is 1. The summed E-state index contributed by atoms with van der Waals surface area (Å²) in [6, 6.07) is 5.60. The molecule has 0 bridgehead atoms. The second-order valence-corrected chi connectivity index (χ2v) is 5.99. The van der Waals surface area contributed by atoms with E-state index in [1.165, 1.54) is 17.9 Å². The van der Waals surface area contributed by atoms with Crippen molar-refractivity contribution in [2.75, 3.05) is 13.7 Å². The molecule has 1 saturated heterocycles. The third kappa shape index (κ3) is 3.23. The van der Waals surface area contributed by atoms with Crippen LogP contribution >= 0.6 is 12.2 Å². The lowest BCUT2D eigenvalue weighted by molar-refractivity contribution is -0.928. The monoisotopic (exact) mass is 354 g/mol. The Bertz CT molecular complexity index is 806. The van der Waals surface area contributed by atoms with Gasteiger partial charge < -0.3 is 19.2 Å². The second kappa shape index (κ2) is 6.80. The third-order valence-electron chi connectivity index (χ3n) is 4.05. The zero-order chi connectivity index (χ0) is 17.3. The Balaban J connectivity index is 1.85. The minimum Gasteiger partial charge on any atom is -0.465 e. The summed E-state index contributed by atoms with van der Waals surface area (Å²) in [6.45, 7) is 0.580. The molecular weight excluding hydrogens is 337 g/mol. The van der Waals surface area contributed by atoms with Crippen LogP contribution in [0.5, 0.6) is 0 Å². The van der Waals surface area contributed by atoms with Crippen molar-refractivity contribution >= 4 is 18.2 Å². The molecule has 0 saturated carbocycles. The number of carbonyl (C=O) groups is 1. The van der Waals surface area contributed by atoms with E-state index in [1.54, 1.807) is 18.2 Å². The molecule has 2 aromatic rings. The van der Waals surface area contributed by atoms with Crippen LogP contribution in [0.4, 0.5) is 4.39 Å². The number of aromatic nitrogens is 2. The van der Waals surface area contributed by atoms with Crippen LogP contribution in [-0.2, 0) is 16.2 Å². The highest BCUT2D eigenvalue weighted by Gasteiger charge is 2.41. The van der Waals surface area contributed by atoms with E-state index in [0.717, 1.165) is 4.90 Å². The predicted octanol–water partition coefficient (Wildman–Crippen LogP) is 0.160. The fraction of sp³-hybridized carbons (Fsp3) is 0.400. The van der Waals surface area contributed by atoms with Crippen LogP contribution in [-0.4, -0.2) is 46.7 Å². The summed E-state index contributed by atoms with van der Waals surface area (Å²) >= 11 is 5.13. The maximum absolute atomic E-state index is 13.8. The second-order valence-electron chi connectivity index (χ2n) is 5.64. The van der Waals surface area contributed by atoms with Crippen LogP contribution in [0.15, 0.2) is 28.7 Å². The number of hydrogen-bond acceptors (Lipinski definition) is 6. The number of carbonyl (C=O) groups excluding carboxylic acids is 1. The number of halogens is 1. The van der Waals surface area contributed by atoms with Gasteiger partial charge in [-0.1, -0.05) is 12.1 Å². The molecule has 128 valence electrons. The Labute approximate surface area is 142 Å². The van der Waals surface area contributed by atoms with Crippen molar-refractivity contribution in [3.05, 3.63) is 34.9 Å². The molecule has 0 radical (unpaired) electrons. The van der Waals surface area contributed by atoms with Gasteiger partial charge in [-0.05, 0) is 24.4 Å². The number of esters is 1. The molecule has 24 heavy (non-hydrogen) atoms. The van der Waals surface area contributed by atoms with Gasteiger partial charge in [0.25, 0.3) is 4.84 Å². The summed E-state index contributed by atoms with van der Waals surface area (Å²) in [7, 11) is 1.31. The van der Waals surface area contributed by atoms with Crippen LogP contribution in [0.3, 0.4) is 0 Å². The van der Waals surface area contributed by atoms with Crippen molar-refractivity contribution in [1.29, 1.82) is 0 Å². The number of likely N-dealkylation sites (tertiary alicyclic amines) is 1. The SMILES string of the molecule is COC(=O)[C@@H]1C[C@H](O)C[NH+]1Cn1nc(-c2ccccc2F)oc1=S. The van der Waals surface area contributed by atoms with Crippen molar-refractivity contribution in [2.24, 2.45) is 0 Å². The maximum Gasteiger partial charge on any atom is 0.364 e. The van der Waals surface area contributed by atoms with Gasteiger partial charge in [-0.15, -0.1) is 5.10 Å². The van der Waals surface area contributed by atoms with Gasteiger partial charge >= 0.3 is 5.97 Å². The largest absolute Gasteiger partial charge is 0.465 e. The van der Waals surface area contributed by atoms with Gasteiger partial charge in [0, 0.05) is 6.42 Å². The molecule has 3 atom stereocenters. The maximum atomic E-state index is 13.8. The number of aliphatic hydroxyl groups is 1. The van der Waals surface area contributed by atoms with Crippen LogP contribution in [0.1, 0.15) is 6.42 Å². The first-order valence-corrected chi connectivity index (χ1v) is 7.83. The van der Waals surface area contributed by atoms with Crippen LogP contribution in [0, 0.1) is 10.7 Å². The molecule has 1 aromatic heterocycles. The molecule has 1 aliphatic heterocycles. The van der Waals surface area contributed by atoms with Crippen molar-refractivity contribution in [1.82, 2.24) is 9.78 Å². The van der Waals surface area contributed by atoms with E-state index in [4.69, 9.17) is 21.4 Å². The molecule has 2 heterocycles. The first-order valence-electron chi connectivity index (χ1n) is 7.43. The lowest BCUT2D eigenvalue weighted by Gasteiger charge is -2.18. The van der Waals surface area contributed by atoms with E-state index in [0.29, 0.717) is 13.0 Å². The van der Waals surface area contributed by atoms with Crippen molar-refractivity contribution < 1.29 is 28.3 Å². The highest BCUT2D eigenvalue weighted by Crippen LogP contribution is 2.20. The van der Waals surface area contributed by atoms with Gasteiger partial charge in [0.15, 0.2) is 12.7 Å². The molecule has 2 N–H and O–H groups in total. The molecule has 3 rings (SSSR count). The molecule has 9 heteroatoms. The summed E-state index contributed by atoms with van der Waals surface area (Å²) in [6.07, 6.45) is -0.288. The van der Waals surface area contributed by atoms with Gasteiger partial charge in [0.05, 0.1) is 12.7 Å². The van der Waals surface area contributed by atoms with E-state index < -0.39 is 23.9 Å². The first kappa shape index (κ1) is 16.7. The fourth-order valence-electron chi connectivity index (χ4n) is 2.89. The Hall–Kier alpha value is -2.10. The zero-order valence-electron chi connectivity index (χ0n) is 12.9. The lowest BCUT2D eigenvalue weighted by Crippen LogP contribution is -3.14. The number of rotatable bonds is 4. The van der Waals surface area contributed by atoms with Crippen LogP contribution in [0.2, 0.25) is 0 Å². The van der Waals surface area contributed by atoms with Crippen molar-refractivity contribution in [2.45, 2.75) is 25.2 Å². The molecular formula is C15H17FN3O4S+. The quantitative estimate of drug-likeness (QED) is 0.601. The molecule has 0 amide bonds. The Morgan fingerprint density at radius 3 is 3.04 bits per heavy atom. The van der Waals surface area contributed by atoms with Crippen LogP contribution in [0.25, 0.3) is 11.5 Å². The normalized spacial score (nSPS) is 23.4. The van der Waals surface area contributed by atoms with E-state index in [1.807, 2.05) is 0 Å². The smallest absolute Gasteiger partial charge is 0.364 e. The number of nitrogens with zero attached hydrogens (tertiary/aromatic N) is 2. The Kier molecular flexibility index (Phi) is 4.74. The minimum atomic E-state index is -0.601. The van der Waals surface area contributed by atoms with Gasteiger partial charge in [-0.2, -0.15) is 4.68 Å². The number of quaternary nitrogens is 1. The summed E-state index contributed by atoms with van der Waals surface area (Å²) in [5, 5.41) is 14.0. The zero-order valence-corrected chi connectivity index (χ0v) is 13.8. The van der Waals surface area contributed by atoms with Gasteiger partial charge in [0.1, 0.15) is 18.5 Å². The van der Waals surface area contributed by atoms with E-state index in [2.05, 4.69) is 5.10 Å². The molecule has 1 aromatic carbocycles. The summed E-state index contributed by atoms with van der Waals surface area (Å²) < 4.78 is 25.4. The molecule has 1 unspecified atom stereocenters. The summed E-state index contributed by atoms with van der Waals surface area (Å²) in [5.41, 5.74) is 0.211. The minimum absolute atomic E-state index is 0.0748. The molecule has 0 aliphatic carbocycles. The molecule has 0 spiro atoms. The number of hydrogen-bond donors (Lipinski definition) is 2. The van der Waals surface area contributed by atoms with Crippen molar-refractivity contribution in [3.8, 4) is 11.5 Å². The number of ether oxygens (including phenoxy) is 1. The van der Waals surface area contributed by atoms with E-state index in [9.17, 15) is 14.3 Å². The topological polar surface area (TPSA) is 81.9 Å². The number of methoxy groups -OCH3 is 1. The van der Waals surface area contributed by atoms with Gasteiger partial charge in [-0.3, -0.25) is 0 Å². The number of aliphatic hydroxyl groups excluding tert-OH is 1. The fourth-order valence-corrected chi connectivity index (χ4v) is 3.07. The third-order valence-corrected chi connectivity index (χ3v) is 4.34. The lowest BCUT2D eigenvalue weighted by atomic mass is 10.2. The van der Waals surface area contributed by atoms with Gasteiger partial charge in [-0.25, -0.2) is 9.18 Å². The Morgan fingerprint density at radius 2 is 2.33 bits per heavy atom. The highest BCUT2D eigenvalue weighted by molar-refractivity contribution is 7.71. The van der Waals surface area contributed by atoms with Crippen molar-refractivity contribution in [3.63, 3.8) is 0 Å². The van der Waals surface area contributed by atoms with Crippen LogP contribution < -0.4 is 4.90 Å². The first-order chi connectivity index (χ1) is 11.5. The summed E-state index contributed by atoms with van der Waals surface area (Å²) in [5.74, 6) is -0.782. The standard InChI is InChI=1S/C15H16FN3O4S/c1-22-14(21)12-6-9(20)7-18(12)8-19-15(24)23-13(17-19)10-4-2-3-5-11(10)16/h2-5,9,12,20H,6-8H2,1H3/p+1/t9-,12-/m0/s1. The number of nitrogens with one attached hydrogen (secondary N) is 1. The molecule has 1 aliphatic rings. The van der Waals surface area contributed by atoms with Gasteiger partial charge in [0.2, 0.25) is 5.89 Å². The average Bonchev–Trinajstić information content (AvgIpc) is 3.10. The van der Waals surface area contributed by atoms with E-state index in [-0.39, 0.29) is 23.0 Å². The summed E-state index contributed by atoms with van der Waals surface area (Å²) in [4.78, 5) is 12.7.